The molecule has 1 N–H and O–H groups in total. The number of rotatable bonds is 6. The van der Waals surface area contributed by atoms with Crippen LogP contribution in [0, 0.1) is 6.92 Å². The van der Waals surface area contributed by atoms with E-state index < -0.39 is 0 Å². The minimum atomic E-state index is -0.387. The fraction of sp³-hybridized carbons (Fsp3) is 0.400. The predicted molar refractivity (Wildman–Crippen MR) is 75.0 cm³/mol. The molecule has 2 aromatic rings. The predicted octanol–water partition coefficient (Wildman–Crippen LogP) is 2.77. The van der Waals surface area contributed by atoms with Gasteiger partial charge in [0.1, 0.15) is 6.04 Å². The Bertz CT molecular complexity index is 551. The van der Waals surface area contributed by atoms with Gasteiger partial charge in [-0.25, -0.2) is 0 Å². The zero-order valence-electron chi connectivity index (χ0n) is 11.8. The molecule has 1 atom stereocenters. The first-order valence-electron chi connectivity index (χ1n) is 6.85. The quantitative estimate of drug-likeness (QED) is 0.878. The molecule has 1 aromatic carbocycles. The summed E-state index contributed by atoms with van der Waals surface area (Å²) in [5, 5.41) is 10.8. The molecular formula is C15H19N3O2. The van der Waals surface area contributed by atoms with Gasteiger partial charge in [0.2, 0.25) is 17.7 Å². The summed E-state index contributed by atoms with van der Waals surface area (Å²) in [5.74, 6) is 0.902. The van der Waals surface area contributed by atoms with Crippen LogP contribution in [0.3, 0.4) is 0 Å². The second-order valence-electron chi connectivity index (χ2n) is 4.67. The molecule has 1 amide bonds. The average Bonchev–Trinajstić information content (AvgIpc) is 2.90. The minimum Gasteiger partial charge on any atom is -0.423 e. The summed E-state index contributed by atoms with van der Waals surface area (Å²) in [4.78, 5) is 12.0. The number of nitrogens with zero attached hydrogens (tertiary/aromatic N) is 2. The largest absolute Gasteiger partial charge is 0.423 e. The van der Waals surface area contributed by atoms with E-state index in [2.05, 4.69) is 22.4 Å². The highest BCUT2D eigenvalue weighted by molar-refractivity contribution is 5.76. The first-order valence-corrected chi connectivity index (χ1v) is 6.85. The maximum atomic E-state index is 12.0. The van der Waals surface area contributed by atoms with Gasteiger partial charge in [0.05, 0.1) is 0 Å². The molecule has 2 rings (SSSR count). The minimum absolute atomic E-state index is 0.00319. The molecule has 0 aliphatic rings. The summed E-state index contributed by atoms with van der Waals surface area (Å²) in [6.07, 6.45) is 2.37. The van der Waals surface area contributed by atoms with E-state index in [0.717, 1.165) is 18.4 Å². The van der Waals surface area contributed by atoms with Crippen LogP contribution in [0.5, 0.6) is 0 Å². The Hall–Kier alpha value is -2.17. The third-order valence-electron chi connectivity index (χ3n) is 2.98. The SMILES string of the molecule is CCCCC(=O)NC(c1ccccc1)c1nnc(C)o1. The molecule has 20 heavy (non-hydrogen) atoms. The molecule has 0 saturated heterocycles. The third-order valence-corrected chi connectivity index (χ3v) is 2.98. The molecule has 1 aromatic heterocycles. The van der Waals surface area contributed by atoms with Gasteiger partial charge in [0.25, 0.3) is 0 Å². The van der Waals surface area contributed by atoms with Crippen molar-refractivity contribution in [2.24, 2.45) is 0 Å². The van der Waals surface area contributed by atoms with Crippen molar-refractivity contribution in [3.63, 3.8) is 0 Å². The Morgan fingerprint density at radius 1 is 1.30 bits per heavy atom. The van der Waals surface area contributed by atoms with Crippen LogP contribution >= 0.6 is 0 Å². The maximum absolute atomic E-state index is 12.0. The van der Waals surface area contributed by atoms with E-state index in [-0.39, 0.29) is 11.9 Å². The zero-order chi connectivity index (χ0) is 14.4. The molecule has 106 valence electrons. The van der Waals surface area contributed by atoms with Crippen LogP contribution < -0.4 is 5.32 Å². The second-order valence-corrected chi connectivity index (χ2v) is 4.67. The van der Waals surface area contributed by atoms with E-state index in [1.807, 2.05) is 30.3 Å². The molecule has 0 radical (unpaired) electrons. The highest BCUT2D eigenvalue weighted by atomic mass is 16.4. The van der Waals surface area contributed by atoms with Gasteiger partial charge in [0.15, 0.2) is 0 Å². The van der Waals surface area contributed by atoms with E-state index in [9.17, 15) is 4.79 Å². The maximum Gasteiger partial charge on any atom is 0.243 e. The van der Waals surface area contributed by atoms with Crippen LogP contribution in [0.2, 0.25) is 0 Å². The number of hydrogen-bond donors (Lipinski definition) is 1. The molecule has 0 bridgehead atoms. The molecule has 0 aliphatic carbocycles. The number of carbonyl (C=O) groups is 1. The lowest BCUT2D eigenvalue weighted by molar-refractivity contribution is -0.121. The van der Waals surface area contributed by atoms with Crippen molar-refractivity contribution < 1.29 is 9.21 Å². The van der Waals surface area contributed by atoms with Crippen molar-refractivity contribution in [1.82, 2.24) is 15.5 Å². The van der Waals surface area contributed by atoms with Crippen LogP contribution in [0.4, 0.5) is 0 Å². The van der Waals surface area contributed by atoms with Crippen molar-refractivity contribution >= 4 is 5.91 Å². The van der Waals surface area contributed by atoms with Gasteiger partial charge in [-0.1, -0.05) is 43.7 Å². The molecule has 0 aliphatic heterocycles. The third kappa shape index (κ3) is 3.66. The average molecular weight is 273 g/mol. The summed E-state index contributed by atoms with van der Waals surface area (Å²) in [7, 11) is 0. The van der Waals surface area contributed by atoms with Gasteiger partial charge in [0, 0.05) is 13.3 Å². The number of carbonyl (C=O) groups excluding carboxylic acids is 1. The Kier molecular flexibility index (Phi) is 4.87. The lowest BCUT2D eigenvalue weighted by Gasteiger charge is -2.15. The van der Waals surface area contributed by atoms with Gasteiger partial charge in [-0.3, -0.25) is 4.79 Å². The summed E-state index contributed by atoms with van der Waals surface area (Å²) >= 11 is 0. The van der Waals surface area contributed by atoms with Crippen molar-refractivity contribution in [2.75, 3.05) is 0 Å². The van der Waals surface area contributed by atoms with Gasteiger partial charge in [-0.15, -0.1) is 10.2 Å². The highest BCUT2D eigenvalue weighted by Crippen LogP contribution is 2.21. The van der Waals surface area contributed by atoms with Gasteiger partial charge < -0.3 is 9.73 Å². The molecule has 1 heterocycles. The number of amides is 1. The van der Waals surface area contributed by atoms with E-state index in [1.165, 1.54) is 0 Å². The van der Waals surface area contributed by atoms with Crippen molar-refractivity contribution in [3.05, 3.63) is 47.7 Å². The molecule has 0 saturated carbocycles. The van der Waals surface area contributed by atoms with Gasteiger partial charge in [-0.05, 0) is 12.0 Å². The topological polar surface area (TPSA) is 68.0 Å². The van der Waals surface area contributed by atoms with Crippen LogP contribution in [0.25, 0.3) is 0 Å². The molecule has 0 spiro atoms. The number of aryl methyl sites for hydroxylation is 1. The van der Waals surface area contributed by atoms with Crippen LogP contribution in [0.15, 0.2) is 34.7 Å². The van der Waals surface area contributed by atoms with Crippen molar-refractivity contribution in [1.29, 1.82) is 0 Å². The Balaban J connectivity index is 2.19. The standard InChI is InChI=1S/C15H19N3O2/c1-3-4-10-13(19)16-14(12-8-6-5-7-9-12)15-18-17-11(2)20-15/h5-9,14H,3-4,10H2,1-2H3,(H,16,19). The molecule has 5 heteroatoms. The molecular weight excluding hydrogens is 254 g/mol. The van der Waals surface area contributed by atoms with E-state index >= 15 is 0 Å². The first-order chi connectivity index (χ1) is 9.70. The summed E-state index contributed by atoms with van der Waals surface area (Å²) in [6, 6.07) is 9.25. The van der Waals surface area contributed by atoms with Gasteiger partial charge in [-0.2, -0.15) is 0 Å². The van der Waals surface area contributed by atoms with Crippen LogP contribution in [0.1, 0.15) is 49.6 Å². The fourth-order valence-electron chi connectivity index (χ4n) is 1.93. The Morgan fingerprint density at radius 3 is 2.65 bits per heavy atom. The highest BCUT2D eigenvalue weighted by Gasteiger charge is 2.21. The Morgan fingerprint density at radius 2 is 2.05 bits per heavy atom. The fourth-order valence-corrected chi connectivity index (χ4v) is 1.93. The van der Waals surface area contributed by atoms with Crippen LogP contribution in [-0.2, 0) is 4.79 Å². The van der Waals surface area contributed by atoms with Crippen LogP contribution in [-0.4, -0.2) is 16.1 Å². The van der Waals surface area contributed by atoms with Crippen molar-refractivity contribution in [3.8, 4) is 0 Å². The monoisotopic (exact) mass is 273 g/mol. The molecule has 1 unspecified atom stereocenters. The smallest absolute Gasteiger partial charge is 0.243 e. The molecule has 0 fully saturated rings. The second kappa shape index (κ2) is 6.84. The van der Waals surface area contributed by atoms with Gasteiger partial charge >= 0.3 is 0 Å². The Labute approximate surface area is 118 Å². The lowest BCUT2D eigenvalue weighted by Crippen LogP contribution is -2.29. The lowest BCUT2D eigenvalue weighted by atomic mass is 10.1. The zero-order valence-corrected chi connectivity index (χ0v) is 11.8. The number of aromatic nitrogens is 2. The summed E-state index contributed by atoms with van der Waals surface area (Å²) in [5.41, 5.74) is 0.931. The number of hydrogen-bond acceptors (Lipinski definition) is 4. The summed E-state index contributed by atoms with van der Waals surface area (Å²) < 4.78 is 5.47. The van der Waals surface area contributed by atoms with E-state index in [1.54, 1.807) is 6.92 Å². The normalized spacial score (nSPS) is 12.1. The number of benzene rings is 1. The number of nitrogens with one attached hydrogen (secondary N) is 1. The number of unbranched alkanes of at least 4 members (excludes halogenated alkanes) is 1. The summed E-state index contributed by atoms with van der Waals surface area (Å²) in [6.45, 7) is 3.79. The van der Waals surface area contributed by atoms with E-state index in [0.29, 0.717) is 18.2 Å². The first kappa shape index (κ1) is 14.2. The van der Waals surface area contributed by atoms with E-state index in [4.69, 9.17) is 4.42 Å². The van der Waals surface area contributed by atoms with Crippen molar-refractivity contribution in [2.45, 2.75) is 39.2 Å². The molecule has 5 nitrogen and oxygen atoms in total.